The first-order chi connectivity index (χ1) is 8.79. The summed E-state index contributed by atoms with van der Waals surface area (Å²) in [4.78, 5) is 2.25. The van der Waals surface area contributed by atoms with Gasteiger partial charge in [-0.15, -0.1) is 0 Å². The molecule has 0 radical (unpaired) electrons. The van der Waals surface area contributed by atoms with E-state index in [1.165, 1.54) is 25.5 Å². The summed E-state index contributed by atoms with van der Waals surface area (Å²) in [5, 5.41) is 23.1. The standard InChI is InChI=1S/C13H14N4O/c14-7-10-8-15-17-9-11(6-12(18)13(10)17)16-4-2-1-3-5-16/h6,8-9,18H,1-5H2. The van der Waals surface area contributed by atoms with Gasteiger partial charge >= 0.3 is 0 Å². The molecule has 0 bridgehead atoms. The number of hydrogen-bond donors (Lipinski definition) is 1. The van der Waals surface area contributed by atoms with Crippen molar-refractivity contribution in [3.63, 3.8) is 0 Å². The zero-order valence-electron chi connectivity index (χ0n) is 10.0. The number of nitriles is 1. The second-order valence-corrected chi connectivity index (χ2v) is 4.59. The average Bonchev–Trinajstić information content (AvgIpc) is 2.83. The Morgan fingerprint density at radius 1 is 1.28 bits per heavy atom. The molecule has 5 heteroatoms. The Hall–Kier alpha value is -2.22. The van der Waals surface area contributed by atoms with Crippen LogP contribution in [0.4, 0.5) is 5.69 Å². The van der Waals surface area contributed by atoms with Crippen LogP contribution in [-0.4, -0.2) is 27.8 Å². The molecule has 0 aromatic carbocycles. The highest BCUT2D eigenvalue weighted by molar-refractivity contribution is 5.71. The van der Waals surface area contributed by atoms with Crippen molar-refractivity contribution >= 4 is 11.2 Å². The molecule has 0 spiro atoms. The highest BCUT2D eigenvalue weighted by Crippen LogP contribution is 2.28. The van der Waals surface area contributed by atoms with Gasteiger partial charge in [0.2, 0.25) is 0 Å². The molecule has 5 nitrogen and oxygen atoms in total. The zero-order chi connectivity index (χ0) is 12.5. The van der Waals surface area contributed by atoms with Crippen molar-refractivity contribution in [2.24, 2.45) is 0 Å². The van der Waals surface area contributed by atoms with Crippen molar-refractivity contribution in [2.75, 3.05) is 18.0 Å². The molecule has 0 saturated carbocycles. The quantitative estimate of drug-likeness (QED) is 0.829. The number of aromatic hydroxyl groups is 1. The molecule has 0 atom stereocenters. The number of hydrogen-bond acceptors (Lipinski definition) is 4. The van der Waals surface area contributed by atoms with Gasteiger partial charge in [0.05, 0.1) is 18.1 Å². The lowest BCUT2D eigenvalue weighted by Crippen LogP contribution is -2.29. The van der Waals surface area contributed by atoms with Crippen LogP contribution in [-0.2, 0) is 0 Å². The van der Waals surface area contributed by atoms with Crippen molar-refractivity contribution in [1.82, 2.24) is 9.61 Å². The smallest absolute Gasteiger partial charge is 0.144 e. The van der Waals surface area contributed by atoms with Crippen LogP contribution in [0.25, 0.3) is 5.52 Å². The number of anilines is 1. The Labute approximate surface area is 105 Å². The van der Waals surface area contributed by atoms with Crippen LogP contribution >= 0.6 is 0 Å². The average molecular weight is 242 g/mol. The second-order valence-electron chi connectivity index (χ2n) is 4.59. The van der Waals surface area contributed by atoms with Crippen LogP contribution in [0.5, 0.6) is 5.75 Å². The van der Waals surface area contributed by atoms with Gasteiger partial charge in [-0.1, -0.05) is 0 Å². The number of aromatic nitrogens is 2. The molecular weight excluding hydrogens is 228 g/mol. The predicted octanol–water partition coefficient (Wildman–Crippen LogP) is 1.90. The van der Waals surface area contributed by atoms with Crippen molar-refractivity contribution in [1.29, 1.82) is 5.26 Å². The lowest BCUT2D eigenvalue weighted by molar-refractivity contribution is 0.477. The van der Waals surface area contributed by atoms with E-state index in [2.05, 4.69) is 10.00 Å². The molecule has 3 rings (SSSR count). The highest BCUT2D eigenvalue weighted by Gasteiger charge is 2.15. The minimum atomic E-state index is 0.118. The Morgan fingerprint density at radius 2 is 2.06 bits per heavy atom. The van der Waals surface area contributed by atoms with Crippen molar-refractivity contribution in [3.05, 3.63) is 24.0 Å². The van der Waals surface area contributed by atoms with Crippen LogP contribution in [0.1, 0.15) is 24.8 Å². The topological polar surface area (TPSA) is 64.6 Å². The molecule has 1 aliphatic rings. The lowest BCUT2D eigenvalue weighted by Gasteiger charge is -2.28. The normalized spacial score (nSPS) is 15.8. The van der Waals surface area contributed by atoms with E-state index in [0.717, 1.165) is 18.8 Å². The summed E-state index contributed by atoms with van der Waals surface area (Å²) in [5.74, 6) is 0.118. The number of piperidine rings is 1. The fourth-order valence-electron chi connectivity index (χ4n) is 2.49. The second kappa shape index (κ2) is 4.22. The summed E-state index contributed by atoms with van der Waals surface area (Å²) in [7, 11) is 0. The lowest BCUT2D eigenvalue weighted by atomic mass is 10.1. The summed E-state index contributed by atoms with van der Waals surface area (Å²) in [6.45, 7) is 2.02. The molecule has 3 heterocycles. The minimum Gasteiger partial charge on any atom is -0.506 e. The van der Waals surface area contributed by atoms with Crippen LogP contribution in [0, 0.1) is 11.3 Å². The molecule has 2 aromatic rings. The fraction of sp³-hybridized carbons (Fsp3) is 0.385. The Kier molecular flexibility index (Phi) is 2.56. The van der Waals surface area contributed by atoms with E-state index < -0.39 is 0 Å². The van der Waals surface area contributed by atoms with Crippen LogP contribution < -0.4 is 4.90 Å². The van der Waals surface area contributed by atoms with Crippen LogP contribution in [0.3, 0.4) is 0 Å². The summed E-state index contributed by atoms with van der Waals surface area (Å²) >= 11 is 0. The molecule has 0 aliphatic carbocycles. The van der Waals surface area contributed by atoms with Gasteiger partial charge in [-0.3, -0.25) is 0 Å². The first-order valence-corrected chi connectivity index (χ1v) is 6.15. The van der Waals surface area contributed by atoms with Crippen molar-refractivity contribution in [2.45, 2.75) is 19.3 Å². The van der Waals surface area contributed by atoms with E-state index in [1.54, 1.807) is 10.6 Å². The van der Waals surface area contributed by atoms with Gasteiger partial charge in [-0.05, 0) is 19.3 Å². The fourth-order valence-corrected chi connectivity index (χ4v) is 2.49. The zero-order valence-corrected chi connectivity index (χ0v) is 10.0. The number of fused-ring (bicyclic) bond motifs is 1. The number of pyridine rings is 1. The minimum absolute atomic E-state index is 0.118. The molecule has 0 unspecified atom stereocenters. The van der Waals surface area contributed by atoms with Gasteiger partial charge in [0.1, 0.15) is 22.9 Å². The first kappa shape index (κ1) is 10.9. The van der Waals surface area contributed by atoms with E-state index in [9.17, 15) is 5.11 Å². The van der Waals surface area contributed by atoms with Crippen LogP contribution in [0.2, 0.25) is 0 Å². The van der Waals surface area contributed by atoms with Crippen LogP contribution in [0.15, 0.2) is 18.5 Å². The van der Waals surface area contributed by atoms with Crippen molar-refractivity contribution < 1.29 is 5.11 Å². The maximum absolute atomic E-state index is 10.0. The van der Waals surface area contributed by atoms with E-state index >= 15 is 0 Å². The summed E-state index contributed by atoms with van der Waals surface area (Å²) < 4.78 is 1.58. The number of rotatable bonds is 1. The maximum Gasteiger partial charge on any atom is 0.144 e. The molecular formula is C13H14N4O. The van der Waals surface area contributed by atoms with E-state index in [0.29, 0.717) is 11.1 Å². The molecule has 1 N–H and O–H groups in total. The molecule has 1 saturated heterocycles. The van der Waals surface area contributed by atoms with Gasteiger partial charge in [0.15, 0.2) is 0 Å². The summed E-state index contributed by atoms with van der Waals surface area (Å²) in [6.07, 6.45) is 6.99. The maximum atomic E-state index is 10.0. The molecule has 0 amide bonds. The Balaban J connectivity index is 2.07. The van der Waals surface area contributed by atoms with E-state index in [4.69, 9.17) is 5.26 Å². The number of nitrogens with zero attached hydrogens (tertiary/aromatic N) is 4. The molecule has 1 aliphatic heterocycles. The van der Waals surface area contributed by atoms with E-state index in [-0.39, 0.29) is 5.75 Å². The van der Waals surface area contributed by atoms with E-state index in [1.807, 2.05) is 12.3 Å². The van der Waals surface area contributed by atoms with Gasteiger partial charge in [0.25, 0.3) is 0 Å². The molecule has 2 aromatic heterocycles. The third kappa shape index (κ3) is 1.66. The summed E-state index contributed by atoms with van der Waals surface area (Å²) in [5.41, 5.74) is 1.85. The van der Waals surface area contributed by atoms with Crippen molar-refractivity contribution in [3.8, 4) is 11.8 Å². The Morgan fingerprint density at radius 3 is 2.78 bits per heavy atom. The highest BCUT2D eigenvalue weighted by atomic mass is 16.3. The first-order valence-electron chi connectivity index (χ1n) is 6.15. The van der Waals surface area contributed by atoms with Gasteiger partial charge in [0, 0.05) is 19.2 Å². The van der Waals surface area contributed by atoms with Gasteiger partial charge < -0.3 is 10.0 Å². The SMILES string of the molecule is N#Cc1cnn2cc(N3CCCCC3)cc(O)c12. The largest absolute Gasteiger partial charge is 0.506 e. The predicted molar refractivity (Wildman–Crippen MR) is 67.6 cm³/mol. The summed E-state index contributed by atoms with van der Waals surface area (Å²) in [6, 6.07) is 3.76. The van der Waals surface area contributed by atoms with Gasteiger partial charge in [-0.2, -0.15) is 10.4 Å². The monoisotopic (exact) mass is 242 g/mol. The third-order valence-corrected chi connectivity index (χ3v) is 3.42. The molecule has 18 heavy (non-hydrogen) atoms. The Bertz CT molecular complexity index is 620. The molecule has 92 valence electrons. The third-order valence-electron chi connectivity index (χ3n) is 3.42. The van der Waals surface area contributed by atoms with Gasteiger partial charge in [-0.25, -0.2) is 4.52 Å². The molecule has 1 fully saturated rings.